The molecule has 1 amide bonds. The van der Waals surface area contributed by atoms with Crippen LogP contribution >= 0.6 is 0 Å². The number of carbonyl (C=O) groups excluding carboxylic acids is 2. The molecule has 5 rings (SSSR count). The summed E-state index contributed by atoms with van der Waals surface area (Å²) in [6.07, 6.45) is 2.71. The molecule has 0 bridgehead atoms. The highest BCUT2D eigenvalue weighted by molar-refractivity contribution is 5.95. The van der Waals surface area contributed by atoms with Gasteiger partial charge in [0.15, 0.2) is 18.3 Å². The Morgan fingerprint density at radius 2 is 1.97 bits per heavy atom. The highest BCUT2D eigenvalue weighted by Gasteiger charge is 2.38. The van der Waals surface area contributed by atoms with Crippen LogP contribution in [0, 0.1) is 0 Å². The average molecular weight is 393 g/mol. The van der Waals surface area contributed by atoms with E-state index in [0.29, 0.717) is 30.4 Å². The second kappa shape index (κ2) is 6.37. The molecule has 2 aliphatic heterocycles. The second-order valence-corrected chi connectivity index (χ2v) is 9.02. The van der Waals surface area contributed by atoms with Gasteiger partial charge in [-0.1, -0.05) is 13.0 Å². The number of nitrogens with one attached hydrogen (secondary N) is 1. The number of likely N-dealkylation sites (tertiary alicyclic amines) is 1. The van der Waals surface area contributed by atoms with E-state index < -0.39 is 5.41 Å². The smallest absolute Gasteiger partial charge is 0.270 e. The van der Waals surface area contributed by atoms with Gasteiger partial charge in [0.25, 0.3) is 5.91 Å². The van der Waals surface area contributed by atoms with Crippen molar-refractivity contribution in [1.29, 1.82) is 0 Å². The molecule has 0 radical (unpaired) electrons. The number of H-pyrrole nitrogens is 1. The highest BCUT2D eigenvalue weighted by atomic mass is 16.5. The molecule has 1 saturated heterocycles. The van der Waals surface area contributed by atoms with Crippen molar-refractivity contribution in [3.05, 3.63) is 41.1 Å². The lowest BCUT2D eigenvalue weighted by molar-refractivity contribution is -0.124. The number of ketones is 1. The summed E-state index contributed by atoms with van der Waals surface area (Å²) in [6.45, 7) is 8.20. The zero-order valence-corrected chi connectivity index (χ0v) is 17.2. The van der Waals surface area contributed by atoms with Crippen LogP contribution in [0.3, 0.4) is 0 Å². The van der Waals surface area contributed by atoms with Crippen LogP contribution in [0.15, 0.2) is 24.3 Å². The molecule has 1 N–H and O–H groups in total. The van der Waals surface area contributed by atoms with E-state index in [9.17, 15) is 9.59 Å². The fraction of sp³-hybridized carbons (Fsp3) is 0.478. The minimum atomic E-state index is -0.450. The first-order valence-electron chi connectivity index (χ1n) is 10.5. The first-order valence-corrected chi connectivity index (χ1v) is 10.5. The van der Waals surface area contributed by atoms with E-state index in [0.717, 1.165) is 43.0 Å². The molecule has 1 unspecified atom stereocenters. The number of carbonyl (C=O) groups is 2. The molecule has 1 aromatic heterocycles. The Balaban J connectivity index is 1.48. The third kappa shape index (κ3) is 2.76. The van der Waals surface area contributed by atoms with Gasteiger partial charge >= 0.3 is 0 Å². The Hall–Kier alpha value is -2.76. The Morgan fingerprint density at radius 3 is 2.72 bits per heavy atom. The molecule has 152 valence electrons. The first kappa shape index (κ1) is 18.3. The largest absolute Gasteiger partial charge is 0.469 e. The average Bonchev–Trinajstić information content (AvgIpc) is 3.42. The predicted octanol–water partition coefficient (Wildman–Crippen LogP) is 4.09. The number of ether oxygens (including phenoxy) is 1. The van der Waals surface area contributed by atoms with E-state index in [4.69, 9.17) is 4.74 Å². The van der Waals surface area contributed by atoms with E-state index in [1.54, 1.807) is 0 Å². The molecule has 3 heterocycles. The molecule has 6 heteroatoms. The minimum absolute atomic E-state index is 0.0415. The molecule has 3 aliphatic rings. The summed E-state index contributed by atoms with van der Waals surface area (Å²) in [5, 5.41) is 0. The zero-order valence-electron chi connectivity index (χ0n) is 17.2. The molecule has 1 aliphatic carbocycles. The summed E-state index contributed by atoms with van der Waals surface area (Å²) in [4.78, 5) is 32.5. The van der Waals surface area contributed by atoms with E-state index in [-0.39, 0.29) is 11.8 Å². The number of nitrogens with zero attached hydrogens (tertiary/aromatic N) is 2. The molecule has 1 atom stereocenters. The summed E-state index contributed by atoms with van der Waals surface area (Å²) in [7, 11) is 0. The van der Waals surface area contributed by atoms with E-state index >= 15 is 0 Å². The lowest BCUT2D eigenvalue weighted by Crippen LogP contribution is -2.35. The Bertz CT molecular complexity index is 1000. The van der Waals surface area contributed by atoms with Gasteiger partial charge in [-0.25, -0.2) is 0 Å². The summed E-state index contributed by atoms with van der Waals surface area (Å²) < 4.78 is 5.86. The Labute approximate surface area is 170 Å². The SMILES string of the molecule is CC1CC(=O)C(C)(C)c2ccc(N3COc4cc(C(=O)N5CCCC5)[nH]c43)cc21. The van der Waals surface area contributed by atoms with Crippen LogP contribution in [0.2, 0.25) is 0 Å². The molecule has 0 saturated carbocycles. The first-order chi connectivity index (χ1) is 13.9. The fourth-order valence-electron chi connectivity index (χ4n) is 4.83. The van der Waals surface area contributed by atoms with Crippen LogP contribution in [0.5, 0.6) is 5.75 Å². The predicted molar refractivity (Wildman–Crippen MR) is 111 cm³/mol. The van der Waals surface area contributed by atoms with Gasteiger partial charge in [0.2, 0.25) is 0 Å². The van der Waals surface area contributed by atoms with Gasteiger partial charge in [-0.3, -0.25) is 14.5 Å². The van der Waals surface area contributed by atoms with Crippen molar-refractivity contribution in [1.82, 2.24) is 9.88 Å². The topological polar surface area (TPSA) is 65.6 Å². The van der Waals surface area contributed by atoms with Gasteiger partial charge in [0.05, 0.1) is 0 Å². The molecule has 0 spiro atoms. The number of aromatic amines is 1. The molecule has 2 aromatic rings. The number of amides is 1. The Morgan fingerprint density at radius 1 is 1.21 bits per heavy atom. The number of aromatic nitrogens is 1. The van der Waals surface area contributed by atoms with E-state index in [1.165, 1.54) is 5.56 Å². The van der Waals surface area contributed by atoms with Gasteiger partial charge in [-0.15, -0.1) is 0 Å². The lowest BCUT2D eigenvalue weighted by atomic mass is 9.68. The van der Waals surface area contributed by atoms with Gasteiger partial charge in [0, 0.05) is 36.7 Å². The van der Waals surface area contributed by atoms with Crippen LogP contribution in [0.4, 0.5) is 11.5 Å². The third-order valence-corrected chi connectivity index (χ3v) is 6.74. The van der Waals surface area contributed by atoms with Crippen molar-refractivity contribution < 1.29 is 14.3 Å². The number of hydrogen-bond donors (Lipinski definition) is 1. The van der Waals surface area contributed by atoms with Gasteiger partial charge < -0.3 is 14.6 Å². The molecular weight excluding hydrogens is 366 g/mol. The van der Waals surface area contributed by atoms with Crippen molar-refractivity contribution in [2.75, 3.05) is 24.7 Å². The minimum Gasteiger partial charge on any atom is -0.469 e. The maximum absolute atomic E-state index is 12.7. The van der Waals surface area contributed by atoms with Crippen LogP contribution in [-0.4, -0.2) is 41.4 Å². The number of Topliss-reactive ketones (excluding diaryl/α,β-unsaturated/α-hetero) is 1. The van der Waals surface area contributed by atoms with Gasteiger partial charge in [0.1, 0.15) is 11.5 Å². The highest BCUT2D eigenvalue weighted by Crippen LogP contribution is 2.44. The summed E-state index contributed by atoms with van der Waals surface area (Å²) in [5.74, 6) is 2.08. The van der Waals surface area contributed by atoms with Crippen molar-refractivity contribution >= 4 is 23.2 Å². The fourth-order valence-corrected chi connectivity index (χ4v) is 4.83. The normalized spacial score (nSPS) is 22.4. The van der Waals surface area contributed by atoms with Gasteiger partial charge in [-0.2, -0.15) is 0 Å². The third-order valence-electron chi connectivity index (χ3n) is 6.74. The quantitative estimate of drug-likeness (QED) is 0.835. The summed E-state index contributed by atoms with van der Waals surface area (Å²) >= 11 is 0. The van der Waals surface area contributed by atoms with Crippen molar-refractivity contribution in [2.45, 2.75) is 51.4 Å². The molecule has 1 fully saturated rings. The molecule has 6 nitrogen and oxygen atoms in total. The number of anilines is 2. The number of rotatable bonds is 2. The van der Waals surface area contributed by atoms with E-state index in [2.05, 4.69) is 28.9 Å². The molecule has 1 aromatic carbocycles. The zero-order chi connectivity index (χ0) is 20.3. The number of hydrogen-bond acceptors (Lipinski definition) is 4. The van der Waals surface area contributed by atoms with Crippen molar-refractivity contribution in [2.24, 2.45) is 0 Å². The molecule has 29 heavy (non-hydrogen) atoms. The monoisotopic (exact) mass is 393 g/mol. The van der Waals surface area contributed by atoms with Crippen LogP contribution in [0.1, 0.15) is 67.6 Å². The van der Waals surface area contributed by atoms with Crippen molar-refractivity contribution in [3.63, 3.8) is 0 Å². The molecular formula is C23H27N3O3. The lowest BCUT2D eigenvalue weighted by Gasteiger charge is -2.35. The summed E-state index contributed by atoms with van der Waals surface area (Å²) in [5.41, 5.74) is 3.48. The second-order valence-electron chi connectivity index (χ2n) is 9.02. The van der Waals surface area contributed by atoms with Crippen molar-refractivity contribution in [3.8, 4) is 5.75 Å². The van der Waals surface area contributed by atoms with Gasteiger partial charge in [-0.05, 0) is 55.9 Å². The van der Waals surface area contributed by atoms with Crippen LogP contribution in [0.25, 0.3) is 0 Å². The van der Waals surface area contributed by atoms with Crippen LogP contribution < -0.4 is 9.64 Å². The summed E-state index contributed by atoms with van der Waals surface area (Å²) in [6, 6.07) is 8.12. The maximum Gasteiger partial charge on any atom is 0.270 e. The van der Waals surface area contributed by atoms with E-state index in [1.807, 2.05) is 30.9 Å². The standard InChI is InChI=1S/C23H27N3O3/c1-14-10-20(27)23(2,3)17-7-6-15(11-16(14)17)26-13-29-19-12-18(24-21(19)26)22(28)25-8-4-5-9-25/h6-7,11-12,14,24H,4-5,8-10,13H2,1-3H3. The Kier molecular flexibility index (Phi) is 4.02. The van der Waals surface area contributed by atoms with Crippen LogP contribution in [-0.2, 0) is 10.2 Å². The maximum atomic E-state index is 12.7. The number of benzene rings is 1. The number of fused-ring (bicyclic) bond motifs is 2.